The lowest BCUT2D eigenvalue weighted by Gasteiger charge is -2.32. The van der Waals surface area contributed by atoms with Gasteiger partial charge in [-0.25, -0.2) is 4.98 Å². The zero-order valence-electron chi connectivity index (χ0n) is 13.1. The summed E-state index contributed by atoms with van der Waals surface area (Å²) in [6.07, 6.45) is 9.94. The molecule has 5 heteroatoms. The van der Waals surface area contributed by atoms with Crippen LogP contribution >= 0.6 is 0 Å². The number of imidazole rings is 1. The highest BCUT2D eigenvalue weighted by atomic mass is 15.1. The first-order valence-electron chi connectivity index (χ1n) is 8.17. The number of nitrogens with one attached hydrogen (secondary N) is 1. The Hall–Kier alpha value is -2.40. The van der Waals surface area contributed by atoms with E-state index in [1.54, 1.807) is 6.20 Å². The van der Waals surface area contributed by atoms with Crippen LogP contribution in [0.3, 0.4) is 0 Å². The van der Waals surface area contributed by atoms with Crippen LogP contribution < -0.4 is 0 Å². The minimum Gasteiger partial charge on any atom is -0.306 e. The number of hydrogen-bond donors (Lipinski definition) is 1. The summed E-state index contributed by atoms with van der Waals surface area (Å²) in [4.78, 5) is 6.64. The number of H-pyrrole nitrogens is 1. The van der Waals surface area contributed by atoms with Crippen LogP contribution in [0.4, 0.5) is 0 Å². The van der Waals surface area contributed by atoms with Crippen molar-refractivity contribution in [3.05, 3.63) is 66.5 Å². The van der Waals surface area contributed by atoms with Gasteiger partial charge in [-0.1, -0.05) is 12.1 Å². The smallest absolute Gasteiger partial charge is 0.0991 e. The Morgan fingerprint density at radius 1 is 1.13 bits per heavy atom. The Morgan fingerprint density at radius 2 is 2.04 bits per heavy atom. The van der Waals surface area contributed by atoms with Gasteiger partial charge in [-0.15, -0.1) is 0 Å². The molecule has 0 aliphatic carbocycles. The second-order valence-electron chi connectivity index (χ2n) is 6.22. The first-order valence-corrected chi connectivity index (χ1v) is 8.17. The van der Waals surface area contributed by atoms with Crippen molar-refractivity contribution in [2.45, 2.75) is 25.3 Å². The van der Waals surface area contributed by atoms with Crippen molar-refractivity contribution in [1.82, 2.24) is 24.6 Å². The molecule has 0 bridgehead atoms. The number of likely N-dealkylation sites (tertiary alicyclic amines) is 1. The van der Waals surface area contributed by atoms with E-state index in [2.05, 4.69) is 50.4 Å². The summed E-state index contributed by atoms with van der Waals surface area (Å²) in [5.74, 6) is 0.580. The van der Waals surface area contributed by atoms with Crippen LogP contribution in [0.2, 0.25) is 0 Å². The molecule has 1 N–H and O–H groups in total. The largest absolute Gasteiger partial charge is 0.306 e. The molecule has 23 heavy (non-hydrogen) atoms. The van der Waals surface area contributed by atoms with Crippen molar-refractivity contribution < 1.29 is 0 Å². The number of rotatable bonds is 4. The lowest BCUT2D eigenvalue weighted by Crippen LogP contribution is -2.34. The maximum Gasteiger partial charge on any atom is 0.0991 e. The van der Waals surface area contributed by atoms with E-state index in [4.69, 9.17) is 0 Å². The summed E-state index contributed by atoms with van der Waals surface area (Å²) in [7, 11) is 0. The van der Waals surface area contributed by atoms with Crippen LogP contribution in [0.15, 0.2) is 55.2 Å². The number of aromatic amines is 1. The van der Waals surface area contributed by atoms with Crippen LogP contribution in [0, 0.1) is 0 Å². The Balaban J connectivity index is 1.41. The van der Waals surface area contributed by atoms with Crippen molar-refractivity contribution in [3.63, 3.8) is 0 Å². The zero-order chi connectivity index (χ0) is 15.5. The maximum absolute atomic E-state index is 4.09. The first kappa shape index (κ1) is 14.2. The second kappa shape index (κ2) is 6.38. The van der Waals surface area contributed by atoms with E-state index in [0.717, 1.165) is 18.8 Å². The van der Waals surface area contributed by atoms with E-state index in [1.807, 2.05) is 23.3 Å². The van der Waals surface area contributed by atoms with Crippen LogP contribution in [0.1, 0.15) is 30.0 Å². The van der Waals surface area contributed by atoms with Gasteiger partial charge in [0.1, 0.15) is 0 Å². The molecule has 3 heterocycles. The lowest BCUT2D eigenvalue weighted by molar-refractivity contribution is 0.198. The van der Waals surface area contributed by atoms with Gasteiger partial charge in [-0.05, 0) is 43.1 Å². The summed E-state index contributed by atoms with van der Waals surface area (Å²) in [5.41, 5.74) is 3.78. The van der Waals surface area contributed by atoms with Gasteiger partial charge in [-0.3, -0.25) is 10.00 Å². The van der Waals surface area contributed by atoms with E-state index < -0.39 is 0 Å². The van der Waals surface area contributed by atoms with Gasteiger partial charge in [0.2, 0.25) is 0 Å². The molecule has 4 rings (SSSR count). The summed E-state index contributed by atoms with van der Waals surface area (Å²) in [6, 6.07) is 10.9. The third-order valence-corrected chi connectivity index (χ3v) is 4.61. The average Bonchev–Trinajstić information content (AvgIpc) is 3.30. The maximum atomic E-state index is 4.09. The summed E-state index contributed by atoms with van der Waals surface area (Å²) >= 11 is 0. The van der Waals surface area contributed by atoms with Crippen molar-refractivity contribution in [2.24, 2.45) is 0 Å². The fourth-order valence-corrected chi connectivity index (χ4v) is 3.39. The Morgan fingerprint density at radius 3 is 2.78 bits per heavy atom. The molecule has 1 atom stereocenters. The number of hydrogen-bond acceptors (Lipinski definition) is 3. The normalized spacial score (nSPS) is 19.0. The van der Waals surface area contributed by atoms with Gasteiger partial charge >= 0.3 is 0 Å². The molecule has 2 aromatic heterocycles. The van der Waals surface area contributed by atoms with E-state index in [9.17, 15) is 0 Å². The molecule has 1 fully saturated rings. The number of aromatic nitrogens is 4. The molecule has 0 saturated carbocycles. The van der Waals surface area contributed by atoms with E-state index in [1.165, 1.54) is 30.6 Å². The molecule has 5 nitrogen and oxygen atoms in total. The van der Waals surface area contributed by atoms with Gasteiger partial charge in [-0.2, -0.15) is 5.10 Å². The highest BCUT2D eigenvalue weighted by molar-refractivity contribution is 5.34. The number of piperidine rings is 1. The van der Waals surface area contributed by atoms with Crippen LogP contribution in [0.5, 0.6) is 0 Å². The molecule has 1 aliphatic rings. The van der Waals surface area contributed by atoms with Gasteiger partial charge < -0.3 is 4.57 Å². The van der Waals surface area contributed by atoms with Gasteiger partial charge in [0.15, 0.2) is 0 Å². The minimum absolute atomic E-state index is 0.580. The van der Waals surface area contributed by atoms with Crippen LogP contribution in [-0.4, -0.2) is 37.7 Å². The minimum atomic E-state index is 0.580. The standard InChI is InChI=1S/C18H21N5/c1-2-16(18-7-8-20-21-18)13-22(10-1)12-15-3-5-17(6-4-15)23-11-9-19-14-23/h3-9,11,14,16H,1-2,10,12-13H2,(H,20,21)/t16-/m1/s1. The Bertz CT molecular complexity index is 715. The fraction of sp³-hybridized carbons (Fsp3) is 0.333. The third kappa shape index (κ3) is 3.19. The highest BCUT2D eigenvalue weighted by Gasteiger charge is 2.22. The molecule has 1 aliphatic heterocycles. The summed E-state index contributed by atoms with van der Waals surface area (Å²) in [5, 5.41) is 7.22. The van der Waals surface area contributed by atoms with E-state index in [-0.39, 0.29) is 0 Å². The molecule has 0 unspecified atom stereocenters. The third-order valence-electron chi connectivity index (χ3n) is 4.61. The second-order valence-corrected chi connectivity index (χ2v) is 6.22. The molecule has 0 radical (unpaired) electrons. The predicted molar refractivity (Wildman–Crippen MR) is 89.4 cm³/mol. The average molecular weight is 307 g/mol. The van der Waals surface area contributed by atoms with E-state index >= 15 is 0 Å². The first-order chi connectivity index (χ1) is 11.4. The monoisotopic (exact) mass is 307 g/mol. The van der Waals surface area contributed by atoms with Crippen molar-refractivity contribution in [1.29, 1.82) is 0 Å². The summed E-state index contributed by atoms with van der Waals surface area (Å²) in [6.45, 7) is 3.29. The topological polar surface area (TPSA) is 49.7 Å². The fourth-order valence-electron chi connectivity index (χ4n) is 3.39. The van der Waals surface area contributed by atoms with Crippen molar-refractivity contribution >= 4 is 0 Å². The van der Waals surface area contributed by atoms with Crippen LogP contribution in [0.25, 0.3) is 5.69 Å². The molecule has 1 saturated heterocycles. The van der Waals surface area contributed by atoms with Crippen molar-refractivity contribution in [2.75, 3.05) is 13.1 Å². The molecule has 0 spiro atoms. The molecule has 3 aromatic rings. The highest BCUT2D eigenvalue weighted by Crippen LogP contribution is 2.26. The molecule has 0 amide bonds. The Labute approximate surface area is 136 Å². The van der Waals surface area contributed by atoms with Gasteiger partial charge in [0, 0.05) is 49.0 Å². The van der Waals surface area contributed by atoms with Gasteiger partial charge in [0.05, 0.1) is 6.33 Å². The molecular formula is C18H21N5. The lowest BCUT2D eigenvalue weighted by atomic mass is 9.94. The van der Waals surface area contributed by atoms with Crippen LogP contribution in [-0.2, 0) is 6.54 Å². The molecule has 118 valence electrons. The van der Waals surface area contributed by atoms with Gasteiger partial charge in [0.25, 0.3) is 0 Å². The van der Waals surface area contributed by atoms with Crippen molar-refractivity contribution in [3.8, 4) is 5.69 Å². The zero-order valence-corrected chi connectivity index (χ0v) is 13.1. The quantitative estimate of drug-likeness (QED) is 0.806. The SMILES string of the molecule is c1cn(-c2ccc(CN3CCC[C@@H](c4ccn[nH]4)C3)cc2)cn1. The number of benzene rings is 1. The molecular weight excluding hydrogens is 286 g/mol. The Kier molecular flexibility index (Phi) is 3.94. The summed E-state index contributed by atoms with van der Waals surface area (Å²) < 4.78 is 2.03. The van der Waals surface area contributed by atoms with E-state index in [0.29, 0.717) is 5.92 Å². The molecule has 1 aromatic carbocycles. The number of nitrogens with zero attached hydrogens (tertiary/aromatic N) is 4. The predicted octanol–water partition coefficient (Wildman–Crippen LogP) is 2.98.